The molecular weight excluding hydrogens is 261 g/mol. The highest BCUT2D eigenvalue weighted by Gasteiger charge is 2.04. The molecule has 0 aliphatic carbocycles. The van der Waals surface area contributed by atoms with Crippen LogP contribution >= 0.6 is 27.5 Å². The molecule has 0 bridgehead atoms. The SMILES string of the molecule is CCCC(C)Nc1cc(Cl)ccc1Br. The van der Waals surface area contributed by atoms with Crippen molar-refractivity contribution in [3.8, 4) is 0 Å². The van der Waals surface area contributed by atoms with E-state index in [1.54, 1.807) is 0 Å². The van der Waals surface area contributed by atoms with Crippen LogP contribution in [0.2, 0.25) is 5.02 Å². The van der Waals surface area contributed by atoms with E-state index in [0.29, 0.717) is 6.04 Å². The Morgan fingerprint density at radius 3 is 2.86 bits per heavy atom. The first kappa shape index (κ1) is 11.9. The van der Waals surface area contributed by atoms with Gasteiger partial charge < -0.3 is 5.32 Å². The van der Waals surface area contributed by atoms with Crippen molar-refractivity contribution in [2.75, 3.05) is 5.32 Å². The fraction of sp³-hybridized carbons (Fsp3) is 0.455. The van der Waals surface area contributed by atoms with Gasteiger partial charge in [0.25, 0.3) is 0 Å². The maximum atomic E-state index is 5.92. The Bertz CT molecular complexity index is 301. The zero-order chi connectivity index (χ0) is 10.6. The van der Waals surface area contributed by atoms with Gasteiger partial charge in [-0.1, -0.05) is 24.9 Å². The van der Waals surface area contributed by atoms with Crippen LogP contribution in [-0.2, 0) is 0 Å². The molecule has 1 aromatic rings. The summed E-state index contributed by atoms with van der Waals surface area (Å²) >= 11 is 9.41. The molecule has 14 heavy (non-hydrogen) atoms. The minimum absolute atomic E-state index is 0.481. The predicted molar refractivity (Wildman–Crippen MR) is 67.1 cm³/mol. The number of halogens is 2. The summed E-state index contributed by atoms with van der Waals surface area (Å²) in [6, 6.07) is 6.26. The molecule has 0 spiro atoms. The first-order valence-corrected chi connectivity index (χ1v) is 6.02. The van der Waals surface area contributed by atoms with Crippen molar-refractivity contribution in [1.29, 1.82) is 0 Å². The van der Waals surface area contributed by atoms with Crippen LogP contribution in [0.4, 0.5) is 5.69 Å². The van der Waals surface area contributed by atoms with E-state index < -0.39 is 0 Å². The highest BCUT2D eigenvalue weighted by atomic mass is 79.9. The molecular formula is C11H15BrClN. The van der Waals surface area contributed by atoms with Crippen molar-refractivity contribution in [3.05, 3.63) is 27.7 Å². The van der Waals surface area contributed by atoms with Crippen LogP contribution in [0.3, 0.4) is 0 Å². The molecule has 0 radical (unpaired) electrons. The number of rotatable bonds is 4. The van der Waals surface area contributed by atoms with Gasteiger partial charge in [0.15, 0.2) is 0 Å². The zero-order valence-corrected chi connectivity index (χ0v) is 10.8. The molecule has 1 nitrogen and oxygen atoms in total. The van der Waals surface area contributed by atoms with Crippen molar-refractivity contribution in [3.63, 3.8) is 0 Å². The van der Waals surface area contributed by atoms with E-state index in [-0.39, 0.29) is 0 Å². The quantitative estimate of drug-likeness (QED) is 0.840. The summed E-state index contributed by atoms with van der Waals surface area (Å²) in [5.41, 5.74) is 1.07. The third kappa shape index (κ3) is 3.50. The van der Waals surface area contributed by atoms with Crippen LogP contribution in [0.1, 0.15) is 26.7 Å². The van der Waals surface area contributed by atoms with E-state index in [1.165, 1.54) is 12.8 Å². The Kier molecular flexibility index (Phi) is 4.76. The van der Waals surface area contributed by atoms with Crippen LogP contribution in [-0.4, -0.2) is 6.04 Å². The highest BCUT2D eigenvalue weighted by Crippen LogP contribution is 2.26. The molecule has 78 valence electrons. The minimum atomic E-state index is 0.481. The maximum Gasteiger partial charge on any atom is 0.0501 e. The maximum absolute atomic E-state index is 5.92. The average molecular weight is 277 g/mol. The number of anilines is 1. The summed E-state index contributed by atoms with van der Waals surface area (Å²) in [6.07, 6.45) is 2.35. The number of hydrogen-bond donors (Lipinski definition) is 1. The lowest BCUT2D eigenvalue weighted by molar-refractivity contribution is 0.690. The monoisotopic (exact) mass is 275 g/mol. The van der Waals surface area contributed by atoms with Crippen LogP contribution in [0.25, 0.3) is 0 Å². The van der Waals surface area contributed by atoms with Gasteiger partial charge in [-0.3, -0.25) is 0 Å². The summed E-state index contributed by atoms with van der Waals surface area (Å²) in [5, 5.41) is 4.18. The molecule has 1 N–H and O–H groups in total. The molecule has 0 saturated carbocycles. The van der Waals surface area contributed by atoms with Crippen molar-refractivity contribution in [1.82, 2.24) is 0 Å². The van der Waals surface area contributed by atoms with Crippen LogP contribution in [0, 0.1) is 0 Å². The molecule has 1 aromatic carbocycles. The molecule has 0 aromatic heterocycles. The Morgan fingerprint density at radius 2 is 2.21 bits per heavy atom. The molecule has 0 amide bonds. The average Bonchev–Trinajstić information content (AvgIpc) is 2.12. The fourth-order valence-corrected chi connectivity index (χ4v) is 1.91. The summed E-state index contributed by atoms with van der Waals surface area (Å²) in [5.74, 6) is 0. The lowest BCUT2D eigenvalue weighted by Crippen LogP contribution is -2.14. The first-order chi connectivity index (χ1) is 6.63. The Morgan fingerprint density at radius 1 is 1.50 bits per heavy atom. The standard InChI is InChI=1S/C11H15BrClN/c1-3-4-8(2)14-11-7-9(13)5-6-10(11)12/h5-8,14H,3-4H2,1-2H3. The molecule has 0 fully saturated rings. The number of benzene rings is 1. The Hall–Kier alpha value is -0.210. The van der Waals surface area contributed by atoms with E-state index >= 15 is 0 Å². The van der Waals surface area contributed by atoms with E-state index in [1.807, 2.05) is 18.2 Å². The third-order valence-corrected chi connectivity index (χ3v) is 2.98. The Labute approximate surface area is 99.0 Å². The van der Waals surface area contributed by atoms with Gasteiger partial charge in [0.05, 0.1) is 5.69 Å². The first-order valence-electron chi connectivity index (χ1n) is 4.85. The van der Waals surface area contributed by atoms with E-state index in [2.05, 4.69) is 35.1 Å². The molecule has 0 heterocycles. The van der Waals surface area contributed by atoms with Crippen molar-refractivity contribution in [2.45, 2.75) is 32.7 Å². The van der Waals surface area contributed by atoms with Crippen LogP contribution in [0.5, 0.6) is 0 Å². The second kappa shape index (κ2) is 5.62. The zero-order valence-electron chi connectivity index (χ0n) is 8.48. The fourth-order valence-electron chi connectivity index (χ4n) is 1.38. The van der Waals surface area contributed by atoms with Crippen LogP contribution < -0.4 is 5.32 Å². The van der Waals surface area contributed by atoms with E-state index in [4.69, 9.17) is 11.6 Å². The van der Waals surface area contributed by atoms with Crippen molar-refractivity contribution in [2.24, 2.45) is 0 Å². The smallest absolute Gasteiger partial charge is 0.0501 e. The molecule has 0 saturated heterocycles. The largest absolute Gasteiger partial charge is 0.382 e. The van der Waals surface area contributed by atoms with Gasteiger partial charge >= 0.3 is 0 Å². The van der Waals surface area contributed by atoms with Crippen molar-refractivity contribution >= 4 is 33.2 Å². The normalized spacial score (nSPS) is 12.6. The molecule has 1 rings (SSSR count). The van der Waals surface area contributed by atoms with Gasteiger partial charge in [0, 0.05) is 15.5 Å². The van der Waals surface area contributed by atoms with Gasteiger partial charge in [-0.25, -0.2) is 0 Å². The van der Waals surface area contributed by atoms with Gasteiger partial charge in [0.1, 0.15) is 0 Å². The molecule has 0 aliphatic rings. The van der Waals surface area contributed by atoms with Crippen molar-refractivity contribution < 1.29 is 0 Å². The second-order valence-corrected chi connectivity index (χ2v) is 4.75. The topological polar surface area (TPSA) is 12.0 Å². The number of nitrogens with one attached hydrogen (secondary N) is 1. The third-order valence-electron chi connectivity index (χ3n) is 2.05. The predicted octanol–water partition coefficient (Wildman–Crippen LogP) is 4.70. The van der Waals surface area contributed by atoms with Gasteiger partial charge in [-0.2, -0.15) is 0 Å². The summed E-state index contributed by atoms with van der Waals surface area (Å²) in [7, 11) is 0. The Balaban J connectivity index is 2.70. The van der Waals surface area contributed by atoms with Crippen LogP contribution in [0.15, 0.2) is 22.7 Å². The highest BCUT2D eigenvalue weighted by molar-refractivity contribution is 9.10. The second-order valence-electron chi connectivity index (χ2n) is 3.46. The molecule has 1 atom stereocenters. The number of hydrogen-bond acceptors (Lipinski definition) is 1. The molecule has 0 aliphatic heterocycles. The van der Waals surface area contributed by atoms with E-state index in [0.717, 1.165) is 15.2 Å². The lowest BCUT2D eigenvalue weighted by atomic mass is 10.2. The summed E-state index contributed by atoms with van der Waals surface area (Å²) in [6.45, 7) is 4.36. The lowest BCUT2D eigenvalue weighted by Gasteiger charge is -2.15. The van der Waals surface area contributed by atoms with Gasteiger partial charge in [0.2, 0.25) is 0 Å². The van der Waals surface area contributed by atoms with Gasteiger partial charge in [-0.05, 0) is 47.5 Å². The van der Waals surface area contributed by atoms with E-state index in [9.17, 15) is 0 Å². The van der Waals surface area contributed by atoms with Gasteiger partial charge in [-0.15, -0.1) is 0 Å². The molecule has 3 heteroatoms. The minimum Gasteiger partial charge on any atom is -0.382 e. The molecule has 1 unspecified atom stereocenters. The summed E-state index contributed by atoms with van der Waals surface area (Å²) < 4.78 is 1.06. The summed E-state index contributed by atoms with van der Waals surface area (Å²) in [4.78, 5) is 0.